The lowest BCUT2D eigenvalue weighted by molar-refractivity contribution is 0.414. The van der Waals surface area contributed by atoms with Crippen molar-refractivity contribution in [2.75, 3.05) is 14.2 Å². The molecule has 1 aromatic heterocycles. The van der Waals surface area contributed by atoms with Crippen LogP contribution < -0.4 is 9.47 Å². The minimum absolute atomic E-state index is 0.714. The van der Waals surface area contributed by atoms with Crippen molar-refractivity contribution in [3.05, 3.63) is 90.0 Å². The third-order valence-corrected chi connectivity index (χ3v) is 5.31. The van der Waals surface area contributed by atoms with Crippen LogP contribution in [0, 0.1) is 0 Å². The summed E-state index contributed by atoms with van der Waals surface area (Å²) >= 11 is 0. The third-order valence-electron chi connectivity index (χ3n) is 5.31. The summed E-state index contributed by atoms with van der Waals surface area (Å²) in [5, 5.41) is 5.07. The molecule has 0 saturated heterocycles. The van der Waals surface area contributed by atoms with Gasteiger partial charge in [0.25, 0.3) is 0 Å². The average molecular weight is 399 g/mol. The molecule has 0 saturated carbocycles. The lowest BCUT2D eigenvalue weighted by Crippen LogP contribution is -2.04. The van der Waals surface area contributed by atoms with Crippen LogP contribution in [0.2, 0.25) is 0 Å². The summed E-state index contributed by atoms with van der Waals surface area (Å²) in [6.45, 7) is 2.90. The van der Waals surface area contributed by atoms with Gasteiger partial charge in [0, 0.05) is 16.7 Å². The Morgan fingerprint density at radius 1 is 0.733 bits per heavy atom. The van der Waals surface area contributed by atoms with E-state index in [2.05, 4.69) is 60.1 Å². The van der Waals surface area contributed by atoms with Gasteiger partial charge in [-0.1, -0.05) is 37.3 Å². The van der Waals surface area contributed by atoms with Crippen molar-refractivity contribution in [1.29, 1.82) is 0 Å². The van der Waals surface area contributed by atoms with Gasteiger partial charge in [0.15, 0.2) is 0 Å². The number of benzene rings is 3. The van der Waals surface area contributed by atoms with Crippen LogP contribution in [0.5, 0.6) is 11.5 Å². The standard InChI is InChI=1S/C26H26N2O2/c1-4-24-25(20-10-14-22(29-2)15-11-20)27-28(18-19-8-6-5-7-9-19)26(24)21-12-16-23(30-3)17-13-21/h5-17H,4,18H2,1-3H3. The first-order valence-electron chi connectivity index (χ1n) is 10.2. The summed E-state index contributed by atoms with van der Waals surface area (Å²) < 4.78 is 12.8. The van der Waals surface area contributed by atoms with Gasteiger partial charge in [0.1, 0.15) is 11.5 Å². The molecule has 0 N–H and O–H groups in total. The molecule has 4 rings (SSSR count). The van der Waals surface area contributed by atoms with Crippen LogP contribution in [0.3, 0.4) is 0 Å². The highest BCUT2D eigenvalue weighted by atomic mass is 16.5. The Labute approximate surface area is 177 Å². The molecule has 3 aromatic carbocycles. The number of methoxy groups -OCH3 is 2. The molecule has 0 radical (unpaired) electrons. The predicted octanol–water partition coefficient (Wildman–Crippen LogP) is 5.85. The van der Waals surface area contributed by atoms with E-state index >= 15 is 0 Å². The Balaban J connectivity index is 1.86. The zero-order valence-corrected chi connectivity index (χ0v) is 17.6. The smallest absolute Gasteiger partial charge is 0.118 e. The zero-order chi connectivity index (χ0) is 20.9. The first-order chi connectivity index (χ1) is 14.7. The monoisotopic (exact) mass is 398 g/mol. The Hall–Kier alpha value is -3.53. The van der Waals surface area contributed by atoms with Crippen molar-refractivity contribution in [2.24, 2.45) is 0 Å². The van der Waals surface area contributed by atoms with Gasteiger partial charge in [-0.25, -0.2) is 0 Å². The number of aromatic nitrogens is 2. The number of nitrogens with zero attached hydrogens (tertiary/aromatic N) is 2. The third kappa shape index (κ3) is 3.94. The van der Waals surface area contributed by atoms with Crippen molar-refractivity contribution in [3.63, 3.8) is 0 Å². The fourth-order valence-electron chi connectivity index (χ4n) is 3.76. The Kier molecular flexibility index (Phi) is 5.84. The first-order valence-corrected chi connectivity index (χ1v) is 10.2. The van der Waals surface area contributed by atoms with E-state index in [1.807, 2.05) is 30.3 Å². The molecule has 4 aromatic rings. The topological polar surface area (TPSA) is 36.3 Å². The molecule has 0 bridgehead atoms. The van der Waals surface area contributed by atoms with Crippen molar-refractivity contribution in [1.82, 2.24) is 9.78 Å². The van der Waals surface area contributed by atoms with Gasteiger partial charge in [-0.2, -0.15) is 5.10 Å². The molecule has 0 spiro atoms. The van der Waals surface area contributed by atoms with Gasteiger partial charge in [0.05, 0.1) is 32.2 Å². The van der Waals surface area contributed by atoms with Gasteiger partial charge >= 0.3 is 0 Å². The fraction of sp³-hybridized carbons (Fsp3) is 0.192. The SMILES string of the molecule is CCc1c(-c2ccc(OC)cc2)nn(Cc2ccccc2)c1-c1ccc(OC)cc1. The van der Waals surface area contributed by atoms with Gasteiger partial charge in [0.2, 0.25) is 0 Å². The minimum atomic E-state index is 0.714. The van der Waals surface area contributed by atoms with E-state index in [4.69, 9.17) is 14.6 Å². The maximum Gasteiger partial charge on any atom is 0.118 e. The Morgan fingerprint density at radius 2 is 1.30 bits per heavy atom. The van der Waals surface area contributed by atoms with E-state index in [1.54, 1.807) is 14.2 Å². The highest BCUT2D eigenvalue weighted by Gasteiger charge is 2.19. The van der Waals surface area contributed by atoms with E-state index in [-0.39, 0.29) is 0 Å². The second-order valence-corrected chi connectivity index (χ2v) is 7.13. The van der Waals surface area contributed by atoms with E-state index < -0.39 is 0 Å². The highest BCUT2D eigenvalue weighted by Crippen LogP contribution is 2.34. The molecule has 0 aliphatic rings. The molecule has 30 heavy (non-hydrogen) atoms. The van der Waals surface area contributed by atoms with Crippen LogP contribution in [0.1, 0.15) is 18.1 Å². The van der Waals surface area contributed by atoms with E-state index in [9.17, 15) is 0 Å². The van der Waals surface area contributed by atoms with Crippen molar-refractivity contribution in [3.8, 4) is 34.0 Å². The van der Waals surface area contributed by atoms with E-state index in [0.717, 1.165) is 40.4 Å². The maximum absolute atomic E-state index is 5.35. The number of hydrogen-bond donors (Lipinski definition) is 0. The van der Waals surface area contributed by atoms with Gasteiger partial charge in [-0.15, -0.1) is 0 Å². The van der Waals surface area contributed by atoms with E-state index in [1.165, 1.54) is 11.1 Å². The molecule has 1 heterocycles. The summed E-state index contributed by atoms with van der Waals surface area (Å²) in [5.41, 5.74) is 6.85. The van der Waals surface area contributed by atoms with Crippen molar-refractivity contribution < 1.29 is 9.47 Å². The molecule has 0 atom stereocenters. The first kappa shape index (κ1) is 19.8. The molecule has 0 amide bonds. The second-order valence-electron chi connectivity index (χ2n) is 7.13. The lowest BCUT2D eigenvalue weighted by atomic mass is 9.99. The summed E-state index contributed by atoms with van der Waals surface area (Å²) in [4.78, 5) is 0. The van der Waals surface area contributed by atoms with Gasteiger partial charge < -0.3 is 9.47 Å². The molecule has 152 valence electrons. The molecule has 0 unspecified atom stereocenters. The Morgan fingerprint density at radius 3 is 1.83 bits per heavy atom. The molecule has 0 aliphatic heterocycles. The van der Waals surface area contributed by atoms with Crippen LogP contribution in [-0.4, -0.2) is 24.0 Å². The van der Waals surface area contributed by atoms with Crippen molar-refractivity contribution >= 4 is 0 Å². The lowest BCUT2D eigenvalue weighted by Gasteiger charge is -2.10. The largest absolute Gasteiger partial charge is 0.497 e. The molecule has 0 aliphatic carbocycles. The van der Waals surface area contributed by atoms with Crippen LogP contribution >= 0.6 is 0 Å². The number of hydrogen-bond acceptors (Lipinski definition) is 3. The summed E-state index contributed by atoms with van der Waals surface area (Å²) in [7, 11) is 3.37. The van der Waals surface area contributed by atoms with Crippen LogP contribution in [0.4, 0.5) is 0 Å². The molecule has 4 heteroatoms. The minimum Gasteiger partial charge on any atom is -0.497 e. The summed E-state index contributed by atoms with van der Waals surface area (Å²) in [6, 6.07) is 26.8. The summed E-state index contributed by atoms with van der Waals surface area (Å²) in [6.07, 6.45) is 0.886. The van der Waals surface area contributed by atoms with Gasteiger partial charge in [-0.3, -0.25) is 4.68 Å². The summed E-state index contributed by atoms with van der Waals surface area (Å²) in [5.74, 6) is 1.69. The van der Waals surface area contributed by atoms with E-state index in [0.29, 0.717) is 6.54 Å². The van der Waals surface area contributed by atoms with Crippen molar-refractivity contribution in [2.45, 2.75) is 19.9 Å². The normalized spacial score (nSPS) is 10.8. The van der Waals surface area contributed by atoms with Gasteiger partial charge in [-0.05, 0) is 60.5 Å². The highest BCUT2D eigenvalue weighted by molar-refractivity contribution is 5.75. The molecular weight excluding hydrogens is 372 g/mol. The quantitative estimate of drug-likeness (QED) is 0.392. The molecule has 4 nitrogen and oxygen atoms in total. The second kappa shape index (κ2) is 8.87. The number of rotatable bonds is 7. The average Bonchev–Trinajstić information content (AvgIpc) is 3.17. The molecule has 0 fully saturated rings. The number of ether oxygens (including phenoxy) is 2. The predicted molar refractivity (Wildman–Crippen MR) is 121 cm³/mol. The van der Waals surface area contributed by atoms with Crippen LogP contribution in [-0.2, 0) is 13.0 Å². The Bertz CT molecular complexity index is 1100. The van der Waals surface area contributed by atoms with Crippen LogP contribution in [0.15, 0.2) is 78.9 Å². The maximum atomic E-state index is 5.35. The molecular formula is C26H26N2O2. The van der Waals surface area contributed by atoms with Crippen LogP contribution in [0.25, 0.3) is 22.5 Å². The fourth-order valence-corrected chi connectivity index (χ4v) is 3.76. The zero-order valence-electron chi connectivity index (χ0n) is 17.6.